The summed E-state index contributed by atoms with van der Waals surface area (Å²) in [5.41, 5.74) is -0.169. The monoisotopic (exact) mass is 388 g/mol. The zero-order valence-corrected chi connectivity index (χ0v) is 16.9. The average molecular weight is 389 g/mol. The number of ether oxygens (including phenoxy) is 2. The second kappa shape index (κ2) is 6.39. The number of aliphatic hydroxyl groups is 1. The molecule has 4 rings (SSSR count). The number of aliphatic hydroxyl groups excluding tert-OH is 1. The molecule has 0 aromatic rings. The Bertz CT molecular complexity index is 640. The Labute approximate surface area is 156 Å². The molecule has 3 atom stereocenters. The van der Waals surface area contributed by atoms with Crippen molar-refractivity contribution in [3.8, 4) is 0 Å². The van der Waals surface area contributed by atoms with E-state index in [-0.39, 0.29) is 29.6 Å². The summed E-state index contributed by atoms with van der Waals surface area (Å²) in [6.07, 6.45) is 0.797. The molecular weight excluding hydrogens is 356 g/mol. The van der Waals surface area contributed by atoms with Crippen LogP contribution in [-0.2, 0) is 19.3 Å². The molecule has 7 nitrogen and oxygen atoms in total. The van der Waals surface area contributed by atoms with Crippen molar-refractivity contribution in [3.05, 3.63) is 0 Å². The Balaban J connectivity index is 1.31. The molecule has 26 heavy (non-hydrogen) atoms. The Morgan fingerprint density at radius 3 is 2.46 bits per heavy atom. The highest BCUT2D eigenvalue weighted by Crippen LogP contribution is 2.43. The third kappa shape index (κ3) is 2.93. The van der Waals surface area contributed by atoms with E-state index in [1.165, 1.54) is 0 Å². The zero-order valence-electron chi connectivity index (χ0n) is 16.1. The highest BCUT2D eigenvalue weighted by molar-refractivity contribution is 7.93. The summed E-state index contributed by atoms with van der Waals surface area (Å²) >= 11 is 0. The lowest BCUT2D eigenvalue weighted by atomic mass is 9.88. The maximum atomic E-state index is 12.6. The molecule has 2 spiro atoms. The van der Waals surface area contributed by atoms with Gasteiger partial charge >= 0.3 is 0 Å². The van der Waals surface area contributed by atoms with Crippen LogP contribution in [0.15, 0.2) is 0 Å². The van der Waals surface area contributed by atoms with Crippen molar-refractivity contribution in [2.75, 3.05) is 45.1 Å². The fraction of sp³-hybridized carbons (Fsp3) is 1.00. The van der Waals surface area contributed by atoms with Crippen LogP contribution in [0.5, 0.6) is 0 Å². The minimum absolute atomic E-state index is 0.169. The van der Waals surface area contributed by atoms with Crippen LogP contribution >= 0.6 is 0 Å². The first-order valence-electron chi connectivity index (χ1n) is 9.80. The van der Waals surface area contributed by atoms with Crippen LogP contribution in [0.25, 0.3) is 0 Å². The molecule has 4 saturated heterocycles. The van der Waals surface area contributed by atoms with E-state index >= 15 is 0 Å². The first-order chi connectivity index (χ1) is 12.2. The van der Waals surface area contributed by atoms with Crippen LogP contribution in [0.1, 0.15) is 33.6 Å². The molecule has 0 amide bonds. The van der Waals surface area contributed by atoms with Crippen molar-refractivity contribution in [3.63, 3.8) is 0 Å². The van der Waals surface area contributed by atoms with E-state index < -0.39 is 14.6 Å². The quantitative estimate of drug-likeness (QED) is 0.703. The highest BCUT2D eigenvalue weighted by Gasteiger charge is 2.62. The predicted molar refractivity (Wildman–Crippen MR) is 97.9 cm³/mol. The molecule has 4 aliphatic rings. The first-order valence-corrected chi connectivity index (χ1v) is 11.5. The maximum Gasteiger partial charge on any atom is 0.161 e. The van der Waals surface area contributed by atoms with Crippen molar-refractivity contribution in [1.29, 1.82) is 0 Å². The Morgan fingerprint density at radius 2 is 1.88 bits per heavy atom. The molecule has 3 unspecified atom stereocenters. The molecule has 0 aliphatic carbocycles. The summed E-state index contributed by atoms with van der Waals surface area (Å²) in [4.78, 5) is 4.51. The van der Waals surface area contributed by atoms with Crippen LogP contribution in [0.2, 0.25) is 0 Å². The summed E-state index contributed by atoms with van der Waals surface area (Å²) in [5.74, 6) is 0.247. The van der Waals surface area contributed by atoms with Gasteiger partial charge in [0.2, 0.25) is 0 Å². The summed E-state index contributed by atoms with van der Waals surface area (Å²) < 4.78 is 36.5. The van der Waals surface area contributed by atoms with Crippen LogP contribution in [0.4, 0.5) is 0 Å². The van der Waals surface area contributed by atoms with E-state index in [9.17, 15) is 13.5 Å². The molecule has 4 fully saturated rings. The SMILES string of the molecule is CC(C)N1CC2(C1)C(OCC(C)N1CC3(CC(O)CO3)C1)CCS2(=O)=O. The lowest BCUT2D eigenvalue weighted by Crippen LogP contribution is -2.70. The fourth-order valence-corrected chi connectivity index (χ4v) is 7.22. The van der Waals surface area contributed by atoms with E-state index in [2.05, 4.69) is 30.6 Å². The second-order valence-corrected chi connectivity index (χ2v) is 11.5. The fourth-order valence-electron chi connectivity index (χ4n) is 4.98. The van der Waals surface area contributed by atoms with Crippen molar-refractivity contribution < 1.29 is 23.0 Å². The van der Waals surface area contributed by atoms with Gasteiger partial charge in [-0.05, 0) is 27.2 Å². The number of rotatable bonds is 5. The molecule has 1 N–H and O–H groups in total. The smallest absolute Gasteiger partial charge is 0.161 e. The van der Waals surface area contributed by atoms with Gasteiger partial charge in [-0.1, -0.05) is 0 Å². The number of sulfone groups is 1. The number of nitrogens with zero attached hydrogens (tertiary/aromatic N) is 2. The third-order valence-electron chi connectivity index (χ3n) is 6.86. The molecule has 0 bridgehead atoms. The van der Waals surface area contributed by atoms with E-state index in [1.54, 1.807) is 0 Å². The highest BCUT2D eigenvalue weighted by atomic mass is 32.2. The van der Waals surface area contributed by atoms with Crippen molar-refractivity contribution in [2.45, 2.75) is 68.3 Å². The normalized spacial score (nSPS) is 36.5. The predicted octanol–water partition coefficient (Wildman–Crippen LogP) is -0.123. The Morgan fingerprint density at radius 1 is 1.19 bits per heavy atom. The van der Waals surface area contributed by atoms with Crippen LogP contribution in [0.3, 0.4) is 0 Å². The average Bonchev–Trinajstić information content (AvgIpc) is 2.99. The second-order valence-electron chi connectivity index (χ2n) is 9.10. The van der Waals surface area contributed by atoms with E-state index in [4.69, 9.17) is 9.47 Å². The first kappa shape index (κ1) is 19.1. The van der Waals surface area contributed by atoms with Crippen LogP contribution in [-0.4, -0.2) is 103 Å². The van der Waals surface area contributed by atoms with Crippen molar-refractivity contribution >= 4 is 9.84 Å². The Kier molecular flexibility index (Phi) is 4.69. The maximum absolute atomic E-state index is 12.6. The Hall–Kier alpha value is -0.250. The number of likely N-dealkylation sites (tertiary alicyclic amines) is 2. The van der Waals surface area contributed by atoms with Gasteiger partial charge in [0.1, 0.15) is 4.75 Å². The third-order valence-corrected chi connectivity index (χ3v) is 9.39. The molecule has 150 valence electrons. The minimum atomic E-state index is -3.08. The van der Waals surface area contributed by atoms with Gasteiger partial charge in [-0.2, -0.15) is 0 Å². The largest absolute Gasteiger partial charge is 0.391 e. The minimum Gasteiger partial charge on any atom is -0.391 e. The van der Waals surface area contributed by atoms with Gasteiger partial charge in [0.05, 0.1) is 36.8 Å². The molecule has 4 heterocycles. The van der Waals surface area contributed by atoms with Gasteiger partial charge < -0.3 is 14.6 Å². The van der Waals surface area contributed by atoms with Gasteiger partial charge in [-0.15, -0.1) is 0 Å². The van der Waals surface area contributed by atoms with Gasteiger partial charge in [-0.25, -0.2) is 8.42 Å². The van der Waals surface area contributed by atoms with Gasteiger partial charge in [0.15, 0.2) is 9.84 Å². The number of hydrogen-bond acceptors (Lipinski definition) is 7. The summed E-state index contributed by atoms with van der Waals surface area (Å²) in [5, 5.41) is 9.67. The molecule has 4 aliphatic heterocycles. The molecule has 0 saturated carbocycles. The molecule has 0 aromatic heterocycles. The van der Waals surface area contributed by atoms with Gasteiger partial charge in [-0.3, -0.25) is 9.80 Å². The summed E-state index contributed by atoms with van der Waals surface area (Å²) in [6, 6.07) is 0.596. The van der Waals surface area contributed by atoms with E-state index in [0.717, 1.165) is 13.1 Å². The lowest BCUT2D eigenvalue weighted by molar-refractivity contribution is -0.138. The topological polar surface area (TPSA) is 79.3 Å². The van der Waals surface area contributed by atoms with Crippen LogP contribution < -0.4 is 0 Å². The summed E-state index contributed by atoms with van der Waals surface area (Å²) in [6.45, 7) is 10.2. The lowest BCUT2D eigenvalue weighted by Gasteiger charge is -2.52. The molecular formula is C18H32N2O5S. The van der Waals surface area contributed by atoms with Crippen LogP contribution in [0, 0.1) is 0 Å². The van der Waals surface area contributed by atoms with Crippen molar-refractivity contribution in [2.24, 2.45) is 0 Å². The summed E-state index contributed by atoms with van der Waals surface area (Å²) in [7, 11) is -3.08. The van der Waals surface area contributed by atoms with Gasteiger partial charge in [0, 0.05) is 44.7 Å². The molecule has 8 heteroatoms. The zero-order chi connectivity index (χ0) is 18.7. The standard InChI is InChI=1S/C18H32N2O5S/c1-13(2)19-11-18(12-19)16(4-5-26(18,22)23)24-7-14(3)20-9-17(10-20)6-15(21)8-25-17/h13-16,21H,4-12H2,1-3H3. The van der Waals surface area contributed by atoms with Crippen molar-refractivity contribution in [1.82, 2.24) is 9.80 Å². The van der Waals surface area contributed by atoms with E-state index in [0.29, 0.717) is 45.2 Å². The van der Waals surface area contributed by atoms with Gasteiger partial charge in [0.25, 0.3) is 0 Å². The number of hydrogen-bond donors (Lipinski definition) is 1. The molecule has 0 aromatic carbocycles. The molecule has 0 radical (unpaired) electrons. The van der Waals surface area contributed by atoms with E-state index in [1.807, 2.05) is 0 Å².